The minimum atomic E-state index is -0.0742. The number of rotatable bonds is 4. The molecule has 4 rings (SSSR count). The summed E-state index contributed by atoms with van der Waals surface area (Å²) < 4.78 is 7.58. The topological polar surface area (TPSA) is 69.0 Å². The van der Waals surface area contributed by atoms with Crippen molar-refractivity contribution in [3.8, 4) is 5.69 Å². The van der Waals surface area contributed by atoms with E-state index in [2.05, 4.69) is 15.3 Å². The molecule has 6 heteroatoms. The standard InChI is InChI=1S/C20H22N4O2/c1-13-16(20(25)22-12-15-6-5-11-26-15)7-3-9-18(13)24-14(2)23-17-8-4-10-21-19(17)24/h3-4,7-10,15H,5-6,11-12H2,1-2H3,(H,22,25)/t15-/m1/s1. The third-order valence-corrected chi connectivity index (χ3v) is 4.89. The molecule has 1 N–H and O–H groups in total. The fourth-order valence-corrected chi connectivity index (χ4v) is 3.53. The number of imidazole rings is 1. The molecule has 1 amide bonds. The van der Waals surface area contributed by atoms with Crippen LogP contribution in [0.1, 0.15) is 34.6 Å². The summed E-state index contributed by atoms with van der Waals surface area (Å²) in [7, 11) is 0. The minimum absolute atomic E-state index is 0.0742. The monoisotopic (exact) mass is 350 g/mol. The van der Waals surface area contributed by atoms with Gasteiger partial charge < -0.3 is 10.1 Å². The Hall–Kier alpha value is -2.73. The first kappa shape index (κ1) is 16.7. The van der Waals surface area contributed by atoms with Crippen LogP contribution in [0.5, 0.6) is 0 Å². The van der Waals surface area contributed by atoms with E-state index in [1.54, 1.807) is 6.20 Å². The third kappa shape index (κ3) is 2.97. The molecule has 0 radical (unpaired) electrons. The minimum Gasteiger partial charge on any atom is -0.376 e. The van der Waals surface area contributed by atoms with Crippen molar-refractivity contribution < 1.29 is 9.53 Å². The number of ether oxygens (including phenoxy) is 1. The van der Waals surface area contributed by atoms with Crippen LogP contribution >= 0.6 is 0 Å². The number of carbonyl (C=O) groups excluding carboxylic acids is 1. The van der Waals surface area contributed by atoms with E-state index in [9.17, 15) is 4.79 Å². The summed E-state index contributed by atoms with van der Waals surface area (Å²) in [5.41, 5.74) is 4.14. The number of amides is 1. The highest BCUT2D eigenvalue weighted by Gasteiger charge is 2.19. The van der Waals surface area contributed by atoms with Crippen molar-refractivity contribution >= 4 is 17.1 Å². The average molecular weight is 350 g/mol. The zero-order valence-corrected chi connectivity index (χ0v) is 15.0. The molecule has 1 aromatic carbocycles. The van der Waals surface area contributed by atoms with Gasteiger partial charge in [0, 0.05) is 24.9 Å². The summed E-state index contributed by atoms with van der Waals surface area (Å²) >= 11 is 0. The van der Waals surface area contributed by atoms with Crippen LogP contribution in [0.4, 0.5) is 0 Å². The van der Waals surface area contributed by atoms with E-state index in [1.807, 2.05) is 48.7 Å². The van der Waals surface area contributed by atoms with E-state index in [4.69, 9.17) is 4.74 Å². The van der Waals surface area contributed by atoms with Crippen LogP contribution in [-0.4, -0.2) is 39.7 Å². The van der Waals surface area contributed by atoms with Gasteiger partial charge >= 0.3 is 0 Å². The summed E-state index contributed by atoms with van der Waals surface area (Å²) in [6, 6.07) is 9.57. The van der Waals surface area contributed by atoms with Crippen molar-refractivity contribution in [3.63, 3.8) is 0 Å². The maximum atomic E-state index is 12.7. The molecule has 0 bridgehead atoms. The van der Waals surface area contributed by atoms with Gasteiger partial charge in [-0.2, -0.15) is 0 Å². The molecule has 3 aromatic rings. The Labute approximate surface area is 152 Å². The normalized spacial score (nSPS) is 16.9. The Bertz CT molecular complexity index is 958. The van der Waals surface area contributed by atoms with Crippen LogP contribution in [0.2, 0.25) is 0 Å². The van der Waals surface area contributed by atoms with Gasteiger partial charge in [-0.15, -0.1) is 0 Å². The molecule has 1 aliphatic heterocycles. The fraction of sp³-hybridized carbons (Fsp3) is 0.350. The molecule has 0 saturated carbocycles. The molecule has 26 heavy (non-hydrogen) atoms. The lowest BCUT2D eigenvalue weighted by atomic mass is 10.1. The first-order chi connectivity index (χ1) is 12.6. The van der Waals surface area contributed by atoms with Gasteiger partial charge in [0.05, 0.1) is 11.8 Å². The fourth-order valence-electron chi connectivity index (χ4n) is 3.53. The zero-order valence-electron chi connectivity index (χ0n) is 15.0. The summed E-state index contributed by atoms with van der Waals surface area (Å²) in [6.07, 6.45) is 3.96. The van der Waals surface area contributed by atoms with Gasteiger partial charge in [0.1, 0.15) is 11.3 Å². The van der Waals surface area contributed by atoms with E-state index in [-0.39, 0.29) is 12.0 Å². The Morgan fingerprint density at radius 1 is 1.31 bits per heavy atom. The van der Waals surface area contributed by atoms with Gasteiger partial charge in [0.25, 0.3) is 5.91 Å². The molecule has 2 aromatic heterocycles. The molecule has 0 unspecified atom stereocenters. The average Bonchev–Trinajstić information content (AvgIpc) is 3.27. The van der Waals surface area contributed by atoms with E-state index >= 15 is 0 Å². The summed E-state index contributed by atoms with van der Waals surface area (Å²) in [5, 5.41) is 3.00. The van der Waals surface area contributed by atoms with Crippen LogP contribution in [0.25, 0.3) is 16.9 Å². The Morgan fingerprint density at radius 3 is 3.00 bits per heavy atom. The van der Waals surface area contributed by atoms with Crippen LogP contribution in [-0.2, 0) is 4.74 Å². The Balaban J connectivity index is 1.67. The highest BCUT2D eigenvalue weighted by molar-refractivity contribution is 5.96. The largest absolute Gasteiger partial charge is 0.376 e. The quantitative estimate of drug-likeness (QED) is 0.785. The number of carbonyl (C=O) groups is 1. The first-order valence-corrected chi connectivity index (χ1v) is 8.95. The summed E-state index contributed by atoms with van der Waals surface area (Å²) in [5.74, 6) is 0.772. The number of aromatic nitrogens is 3. The molecule has 134 valence electrons. The smallest absolute Gasteiger partial charge is 0.251 e. The number of fused-ring (bicyclic) bond motifs is 1. The predicted molar refractivity (Wildman–Crippen MR) is 99.6 cm³/mol. The first-order valence-electron chi connectivity index (χ1n) is 8.95. The second-order valence-electron chi connectivity index (χ2n) is 6.64. The van der Waals surface area contributed by atoms with E-state index in [1.165, 1.54) is 0 Å². The number of aryl methyl sites for hydroxylation is 1. The maximum Gasteiger partial charge on any atom is 0.251 e. The van der Waals surface area contributed by atoms with Gasteiger partial charge in [-0.25, -0.2) is 9.97 Å². The lowest BCUT2D eigenvalue weighted by Gasteiger charge is -2.15. The van der Waals surface area contributed by atoms with Gasteiger partial charge in [0.2, 0.25) is 0 Å². The van der Waals surface area contributed by atoms with Crippen LogP contribution < -0.4 is 5.32 Å². The molecule has 0 spiro atoms. The second-order valence-corrected chi connectivity index (χ2v) is 6.64. The van der Waals surface area contributed by atoms with Crippen molar-refractivity contribution in [1.82, 2.24) is 19.9 Å². The van der Waals surface area contributed by atoms with E-state index in [0.717, 1.165) is 47.7 Å². The number of benzene rings is 1. The Kier molecular flexibility index (Phi) is 4.42. The predicted octanol–water partition coefficient (Wildman–Crippen LogP) is 2.95. The van der Waals surface area contributed by atoms with Crippen molar-refractivity contribution in [2.45, 2.75) is 32.8 Å². The van der Waals surface area contributed by atoms with Crippen LogP contribution in [0.15, 0.2) is 36.5 Å². The summed E-state index contributed by atoms with van der Waals surface area (Å²) in [4.78, 5) is 21.7. The van der Waals surface area contributed by atoms with Gasteiger partial charge in [0.15, 0.2) is 5.65 Å². The van der Waals surface area contributed by atoms with Crippen molar-refractivity contribution in [2.75, 3.05) is 13.2 Å². The van der Waals surface area contributed by atoms with Crippen LogP contribution in [0, 0.1) is 13.8 Å². The third-order valence-electron chi connectivity index (χ3n) is 4.89. The molecule has 3 heterocycles. The molecule has 0 aliphatic carbocycles. The summed E-state index contributed by atoms with van der Waals surface area (Å²) in [6.45, 7) is 5.25. The van der Waals surface area contributed by atoms with Gasteiger partial charge in [-0.1, -0.05) is 6.07 Å². The van der Waals surface area contributed by atoms with Crippen LogP contribution in [0.3, 0.4) is 0 Å². The van der Waals surface area contributed by atoms with Crippen molar-refractivity contribution in [3.05, 3.63) is 53.5 Å². The maximum absolute atomic E-state index is 12.7. The molecule has 1 aliphatic rings. The molecular weight excluding hydrogens is 328 g/mol. The zero-order chi connectivity index (χ0) is 18.1. The Morgan fingerprint density at radius 2 is 2.19 bits per heavy atom. The van der Waals surface area contributed by atoms with Crippen molar-refractivity contribution in [1.29, 1.82) is 0 Å². The number of hydrogen-bond donors (Lipinski definition) is 1. The van der Waals surface area contributed by atoms with E-state index < -0.39 is 0 Å². The van der Waals surface area contributed by atoms with Gasteiger partial charge in [-0.3, -0.25) is 9.36 Å². The molecule has 6 nitrogen and oxygen atoms in total. The highest BCUT2D eigenvalue weighted by Crippen LogP contribution is 2.24. The van der Waals surface area contributed by atoms with Crippen molar-refractivity contribution in [2.24, 2.45) is 0 Å². The number of nitrogens with one attached hydrogen (secondary N) is 1. The van der Waals surface area contributed by atoms with Gasteiger partial charge in [-0.05, 0) is 56.5 Å². The lowest BCUT2D eigenvalue weighted by molar-refractivity contribution is 0.0857. The highest BCUT2D eigenvalue weighted by atomic mass is 16.5. The lowest BCUT2D eigenvalue weighted by Crippen LogP contribution is -2.32. The molecular formula is C20H22N4O2. The number of hydrogen-bond acceptors (Lipinski definition) is 4. The molecule has 1 saturated heterocycles. The SMILES string of the molecule is Cc1c(C(=O)NC[C@H]2CCCO2)cccc1-n1c(C)nc2cccnc21. The second kappa shape index (κ2) is 6.88. The number of pyridine rings is 1. The molecule has 1 atom stereocenters. The molecule has 1 fully saturated rings. The number of nitrogens with zero attached hydrogens (tertiary/aromatic N) is 3. The van der Waals surface area contributed by atoms with E-state index in [0.29, 0.717) is 12.1 Å².